The molecule has 3 rings (SSSR count). The molecule has 0 saturated heterocycles. The molecule has 1 atom stereocenters. The largest absolute Gasteiger partial charge is 0.497 e. The number of aliphatic hydroxyl groups excluding tert-OH is 1. The smallest absolute Gasteiger partial charge is 0.196 e. The van der Waals surface area contributed by atoms with Gasteiger partial charge in [0.25, 0.3) is 0 Å². The van der Waals surface area contributed by atoms with Gasteiger partial charge in [0.15, 0.2) is 11.0 Å². The molecule has 0 saturated carbocycles. The van der Waals surface area contributed by atoms with Gasteiger partial charge in [-0.3, -0.25) is 4.57 Å². The summed E-state index contributed by atoms with van der Waals surface area (Å²) >= 11 is 7.84. The molecule has 2 aromatic carbocycles. The molecule has 30 heavy (non-hydrogen) atoms. The lowest BCUT2D eigenvalue weighted by molar-refractivity contribution is -0.0424. The van der Waals surface area contributed by atoms with E-state index in [1.165, 1.54) is 11.8 Å². The van der Waals surface area contributed by atoms with E-state index in [1.807, 2.05) is 73.9 Å². The van der Waals surface area contributed by atoms with E-state index in [9.17, 15) is 5.11 Å². The first-order chi connectivity index (χ1) is 14.3. The van der Waals surface area contributed by atoms with Crippen LogP contribution in [-0.2, 0) is 4.74 Å². The van der Waals surface area contributed by atoms with Crippen molar-refractivity contribution in [3.63, 3.8) is 0 Å². The van der Waals surface area contributed by atoms with E-state index in [1.54, 1.807) is 7.11 Å². The molecule has 1 N–H and O–H groups in total. The average molecular weight is 448 g/mol. The van der Waals surface area contributed by atoms with Crippen LogP contribution in [0.25, 0.3) is 17.1 Å². The Bertz CT molecular complexity index is 971. The summed E-state index contributed by atoms with van der Waals surface area (Å²) in [5.41, 5.74) is 1.36. The van der Waals surface area contributed by atoms with Crippen molar-refractivity contribution >= 4 is 23.4 Å². The van der Waals surface area contributed by atoms with Crippen molar-refractivity contribution in [2.75, 3.05) is 19.5 Å². The Morgan fingerprint density at radius 3 is 2.43 bits per heavy atom. The van der Waals surface area contributed by atoms with Gasteiger partial charge in [0.05, 0.1) is 30.4 Å². The van der Waals surface area contributed by atoms with Gasteiger partial charge in [-0.05, 0) is 57.2 Å². The number of benzene rings is 2. The van der Waals surface area contributed by atoms with Crippen LogP contribution in [0.1, 0.15) is 20.8 Å². The number of halogens is 1. The maximum atomic E-state index is 10.3. The second-order valence-corrected chi connectivity index (χ2v) is 9.10. The van der Waals surface area contributed by atoms with Crippen molar-refractivity contribution in [1.29, 1.82) is 0 Å². The molecule has 0 amide bonds. The van der Waals surface area contributed by atoms with Gasteiger partial charge < -0.3 is 14.6 Å². The Hall–Kier alpha value is -2.06. The van der Waals surface area contributed by atoms with Crippen LogP contribution in [0.3, 0.4) is 0 Å². The van der Waals surface area contributed by atoms with Gasteiger partial charge in [-0.2, -0.15) is 0 Å². The number of methoxy groups -OCH3 is 1. The number of aromatic nitrogens is 3. The van der Waals surface area contributed by atoms with E-state index < -0.39 is 6.10 Å². The highest BCUT2D eigenvalue weighted by Crippen LogP contribution is 2.32. The normalized spacial score (nSPS) is 12.7. The fourth-order valence-electron chi connectivity index (χ4n) is 2.71. The molecule has 8 heteroatoms. The van der Waals surface area contributed by atoms with Crippen molar-refractivity contribution in [2.24, 2.45) is 0 Å². The summed E-state index contributed by atoms with van der Waals surface area (Å²) in [6.45, 7) is 6.14. The zero-order valence-electron chi connectivity index (χ0n) is 17.5. The second-order valence-electron chi connectivity index (χ2n) is 7.71. The minimum Gasteiger partial charge on any atom is -0.497 e. The molecular formula is C22H26ClN3O3S. The Morgan fingerprint density at radius 1 is 1.10 bits per heavy atom. The zero-order valence-corrected chi connectivity index (χ0v) is 19.1. The number of nitrogens with zero attached hydrogens (tertiary/aromatic N) is 3. The van der Waals surface area contributed by atoms with Gasteiger partial charge in [0.1, 0.15) is 5.75 Å². The highest BCUT2D eigenvalue weighted by Gasteiger charge is 2.20. The van der Waals surface area contributed by atoms with E-state index in [0.717, 1.165) is 17.0 Å². The maximum Gasteiger partial charge on any atom is 0.196 e. The Morgan fingerprint density at radius 2 is 1.80 bits per heavy atom. The molecular weight excluding hydrogens is 422 g/mol. The quantitative estimate of drug-likeness (QED) is 0.497. The first-order valence-electron chi connectivity index (χ1n) is 9.58. The summed E-state index contributed by atoms with van der Waals surface area (Å²) in [4.78, 5) is 0. The molecule has 160 valence electrons. The molecule has 1 unspecified atom stereocenters. The third-order valence-corrected chi connectivity index (χ3v) is 5.60. The van der Waals surface area contributed by atoms with Gasteiger partial charge in [-0.25, -0.2) is 0 Å². The fraction of sp³-hybridized carbons (Fsp3) is 0.364. The number of hydrogen-bond donors (Lipinski definition) is 1. The lowest BCUT2D eigenvalue weighted by atomic mass is 10.2. The summed E-state index contributed by atoms with van der Waals surface area (Å²) in [6.07, 6.45) is -0.626. The number of aliphatic hydroxyl groups is 1. The van der Waals surface area contributed by atoms with Gasteiger partial charge in [0.2, 0.25) is 0 Å². The lowest BCUT2D eigenvalue weighted by Crippen LogP contribution is -2.27. The molecule has 0 aliphatic heterocycles. The number of ether oxygens (including phenoxy) is 2. The Labute approximate surface area is 186 Å². The third kappa shape index (κ3) is 5.76. The molecule has 0 aliphatic carbocycles. The molecule has 3 aromatic rings. The molecule has 6 nitrogen and oxygen atoms in total. The fourth-order valence-corrected chi connectivity index (χ4v) is 3.79. The van der Waals surface area contributed by atoms with E-state index in [-0.39, 0.29) is 12.2 Å². The summed E-state index contributed by atoms with van der Waals surface area (Å²) in [7, 11) is 1.63. The van der Waals surface area contributed by atoms with Gasteiger partial charge in [-0.15, -0.1) is 10.2 Å². The van der Waals surface area contributed by atoms with Crippen LogP contribution in [0.15, 0.2) is 53.7 Å². The number of hydrogen-bond acceptors (Lipinski definition) is 6. The van der Waals surface area contributed by atoms with Crippen molar-refractivity contribution in [3.05, 3.63) is 53.6 Å². The van der Waals surface area contributed by atoms with Gasteiger partial charge in [0, 0.05) is 17.0 Å². The topological polar surface area (TPSA) is 69.4 Å². The van der Waals surface area contributed by atoms with Crippen LogP contribution in [0, 0.1) is 0 Å². The average Bonchev–Trinajstić information content (AvgIpc) is 3.14. The zero-order chi connectivity index (χ0) is 21.7. The van der Waals surface area contributed by atoms with Crippen LogP contribution in [-0.4, -0.2) is 51.0 Å². The second kappa shape index (κ2) is 9.83. The summed E-state index contributed by atoms with van der Waals surface area (Å²) in [5, 5.41) is 20.3. The van der Waals surface area contributed by atoms with E-state index in [4.69, 9.17) is 21.1 Å². The van der Waals surface area contributed by atoms with Crippen LogP contribution in [0.2, 0.25) is 5.02 Å². The predicted molar refractivity (Wildman–Crippen MR) is 121 cm³/mol. The number of rotatable bonds is 8. The van der Waals surface area contributed by atoms with Gasteiger partial charge >= 0.3 is 0 Å². The van der Waals surface area contributed by atoms with E-state index in [0.29, 0.717) is 21.8 Å². The predicted octanol–water partition coefficient (Wildman–Crippen LogP) is 4.86. The van der Waals surface area contributed by atoms with Crippen molar-refractivity contribution in [2.45, 2.75) is 37.6 Å². The van der Waals surface area contributed by atoms with E-state index in [2.05, 4.69) is 10.2 Å². The minimum atomic E-state index is -0.626. The Kier molecular flexibility index (Phi) is 7.41. The highest BCUT2D eigenvalue weighted by molar-refractivity contribution is 7.99. The molecule has 0 spiro atoms. The van der Waals surface area contributed by atoms with Crippen LogP contribution in [0.4, 0.5) is 0 Å². The lowest BCUT2D eigenvalue weighted by Gasteiger charge is -2.21. The molecule has 1 aromatic heterocycles. The monoisotopic (exact) mass is 447 g/mol. The molecule has 0 aliphatic rings. The molecule has 0 fully saturated rings. The van der Waals surface area contributed by atoms with Crippen molar-refractivity contribution in [3.8, 4) is 22.8 Å². The molecule has 1 heterocycles. The van der Waals surface area contributed by atoms with Gasteiger partial charge in [-0.1, -0.05) is 35.5 Å². The summed E-state index contributed by atoms with van der Waals surface area (Å²) < 4.78 is 12.9. The third-order valence-electron chi connectivity index (χ3n) is 4.19. The highest BCUT2D eigenvalue weighted by atomic mass is 35.5. The van der Waals surface area contributed by atoms with Crippen LogP contribution in [0.5, 0.6) is 5.75 Å². The molecule has 0 bridgehead atoms. The SMILES string of the molecule is COc1ccc(-n2c(SCC(O)COC(C)(C)C)nnc2-c2ccccc2Cl)cc1. The van der Waals surface area contributed by atoms with Crippen LogP contribution >= 0.6 is 23.4 Å². The first-order valence-corrected chi connectivity index (χ1v) is 10.9. The Balaban J connectivity index is 1.90. The van der Waals surface area contributed by atoms with Crippen molar-refractivity contribution < 1.29 is 14.6 Å². The minimum absolute atomic E-state index is 0.255. The maximum absolute atomic E-state index is 10.3. The number of thioether (sulfide) groups is 1. The standard InChI is InChI=1S/C22H26ClN3O3S/c1-22(2,3)29-13-16(27)14-30-21-25-24-20(18-7-5-6-8-19(18)23)26(21)15-9-11-17(28-4)12-10-15/h5-12,16,27H,13-14H2,1-4H3. The van der Waals surface area contributed by atoms with Crippen molar-refractivity contribution in [1.82, 2.24) is 14.8 Å². The first kappa shape index (κ1) is 22.6. The van der Waals surface area contributed by atoms with Crippen LogP contribution < -0.4 is 4.74 Å². The molecule has 0 radical (unpaired) electrons. The van der Waals surface area contributed by atoms with E-state index >= 15 is 0 Å². The summed E-state index contributed by atoms with van der Waals surface area (Å²) in [5.74, 6) is 1.82. The summed E-state index contributed by atoms with van der Waals surface area (Å²) in [6, 6.07) is 15.2.